The molecule has 30 heavy (non-hydrogen) atoms. The quantitative estimate of drug-likeness (QED) is 0.431. The van der Waals surface area contributed by atoms with Gasteiger partial charge >= 0.3 is 5.97 Å². The zero-order valence-electron chi connectivity index (χ0n) is 17.7. The third kappa shape index (κ3) is 6.16. The van der Waals surface area contributed by atoms with Crippen molar-refractivity contribution in [1.29, 1.82) is 0 Å². The summed E-state index contributed by atoms with van der Waals surface area (Å²) in [7, 11) is 0. The average molecular weight is 400 g/mol. The molecule has 0 aliphatic heterocycles. The van der Waals surface area contributed by atoms with E-state index < -0.39 is 6.04 Å². The number of rotatable bonds is 9. The molecule has 0 aliphatic carbocycles. The predicted octanol–water partition coefficient (Wildman–Crippen LogP) is 5.72. The topological polar surface area (TPSA) is 29.5 Å². The molecular formula is C27H29NO2. The molecule has 0 saturated carbocycles. The van der Waals surface area contributed by atoms with Crippen LogP contribution in [0, 0.1) is 0 Å². The van der Waals surface area contributed by atoms with Crippen molar-refractivity contribution >= 4 is 11.5 Å². The van der Waals surface area contributed by atoms with E-state index in [1.807, 2.05) is 74.5 Å². The van der Waals surface area contributed by atoms with Crippen molar-refractivity contribution in [3.8, 4) is 0 Å². The molecule has 0 heterocycles. The van der Waals surface area contributed by atoms with Gasteiger partial charge in [-0.05, 0) is 36.1 Å². The summed E-state index contributed by atoms with van der Waals surface area (Å²) < 4.78 is 5.47. The largest absolute Gasteiger partial charge is 0.465 e. The smallest absolute Gasteiger partial charge is 0.327 e. The number of allylic oxidation sites excluding steroid dienone is 1. The fourth-order valence-electron chi connectivity index (χ4n) is 3.47. The summed E-state index contributed by atoms with van der Waals surface area (Å²) in [6.45, 7) is 5.56. The molecule has 0 aromatic heterocycles. The van der Waals surface area contributed by atoms with Gasteiger partial charge in [0.05, 0.1) is 6.61 Å². The van der Waals surface area contributed by atoms with Gasteiger partial charge in [0.25, 0.3) is 0 Å². The van der Waals surface area contributed by atoms with Crippen LogP contribution in [-0.2, 0) is 22.6 Å². The molecule has 0 saturated heterocycles. The van der Waals surface area contributed by atoms with E-state index >= 15 is 0 Å². The normalized spacial score (nSPS) is 12.6. The summed E-state index contributed by atoms with van der Waals surface area (Å²) in [6, 6.07) is 30.2. The molecule has 0 aliphatic rings. The lowest BCUT2D eigenvalue weighted by Gasteiger charge is -2.29. The van der Waals surface area contributed by atoms with Gasteiger partial charge in [0.2, 0.25) is 0 Å². The fraction of sp³-hybridized carbons (Fsp3) is 0.222. The van der Waals surface area contributed by atoms with E-state index in [1.54, 1.807) is 0 Å². The van der Waals surface area contributed by atoms with E-state index in [9.17, 15) is 4.79 Å². The Bertz CT molecular complexity index is 895. The molecule has 0 fully saturated rings. The third-order valence-corrected chi connectivity index (χ3v) is 5.02. The number of hydrogen-bond donors (Lipinski definition) is 0. The maximum atomic E-state index is 13.0. The highest BCUT2D eigenvalue weighted by Gasteiger charge is 2.26. The Labute approximate surface area is 179 Å². The Hall–Kier alpha value is -3.17. The van der Waals surface area contributed by atoms with Gasteiger partial charge in [0.15, 0.2) is 0 Å². The lowest BCUT2D eigenvalue weighted by molar-refractivity contribution is -0.148. The molecular weight excluding hydrogens is 370 g/mol. The van der Waals surface area contributed by atoms with Crippen LogP contribution in [0.25, 0.3) is 5.57 Å². The highest BCUT2D eigenvalue weighted by molar-refractivity contribution is 5.81. The van der Waals surface area contributed by atoms with Crippen LogP contribution in [0.15, 0.2) is 97.1 Å². The number of esters is 1. The number of hydrogen-bond acceptors (Lipinski definition) is 3. The summed E-state index contributed by atoms with van der Waals surface area (Å²) in [5.74, 6) is -0.223. The third-order valence-electron chi connectivity index (χ3n) is 5.02. The maximum absolute atomic E-state index is 13.0. The van der Waals surface area contributed by atoms with Gasteiger partial charge in [-0.25, -0.2) is 0 Å². The first-order chi connectivity index (χ1) is 14.7. The fourth-order valence-corrected chi connectivity index (χ4v) is 3.47. The van der Waals surface area contributed by atoms with Crippen LogP contribution in [0.4, 0.5) is 0 Å². The summed E-state index contributed by atoms with van der Waals surface area (Å²) >= 11 is 0. The first-order valence-electron chi connectivity index (χ1n) is 10.4. The van der Waals surface area contributed by atoms with Crippen LogP contribution in [-0.4, -0.2) is 23.5 Å². The maximum Gasteiger partial charge on any atom is 0.327 e. The molecule has 0 N–H and O–H groups in total. The van der Waals surface area contributed by atoms with Gasteiger partial charge in [0.1, 0.15) is 6.04 Å². The second kappa shape index (κ2) is 11.1. The van der Waals surface area contributed by atoms with E-state index in [0.29, 0.717) is 19.7 Å². The Morgan fingerprint density at radius 2 is 1.30 bits per heavy atom. The average Bonchev–Trinajstić information content (AvgIpc) is 2.79. The standard InChI is InChI=1S/C27H29NO2/c1-3-30-27(29)26(19-22(2)25-17-11-6-12-18-25)28(20-23-13-7-4-8-14-23)21-24-15-9-5-10-16-24/h4-19,26H,3,20-21H2,1-2H3/b22-19-/t26-/m1/s1. The minimum absolute atomic E-state index is 0.223. The van der Waals surface area contributed by atoms with Gasteiger partial charge < -0.3 is 4.74 Å². The summed E-state index contributed by atoms with van der Waals surface area (Å²) in [4.78, 5) is 15.2. The molecule has 3 rings (SSSR count). The zero-order chi connectivity index (χ0) is 21.2. The Balaban J connectivity index is 1.97. The molecule has 154 valence electrons. The van der Waals surface area contributed by atoms with Crippen molar-refractivity contribution in [2.24, 2.45) is 0 Å². The van der Waals surface area contributed by atoms with Gasteiger partial charge in [-0.3, -0.25) is 9.69 Å². The minimum Gasteiger partial charge on any atom is -0.465 e. The molecule has 0 bridgehead atoms. The van der Waals surface area contributed by atoms with Gasteiger partial charge in [0, 0.05) is 13.1 Å². The molecule has 3 heteroatoms. The Morgan fingerprint density at radius 3 is 1.77 bits per heavy atom. The number of ether oxygens (including phenoxy) is 1. The molecule has 1 atom stereocenters. The van der Waals surface area contributed by atoms with E-state index in [4.69, 9.17) is 4.74 Å². The molecule has 0 radical (unpaired) electrons. The molecule has 3 aromatic carbocycles. The lowest BCUT2D eigenvalue weighted by Crippen LogP contribution is -2.40. The van der Waals surface area contributed by atoms with Gasteiger partial charge in [-0.1, -0.05) is 97.1 Å². The van der Waals surface area contributed by atoms with E-state index in [-0.39, 0.29) is 5.97 Å². The first-order valence-corrected chi connectivity index (χ1v) is 10.4. The van der Waals surface area contributed by atoms with Crippen molar-refractivity contribution < 1.29 is 9.53 Å². The number of benzene rings is 3. The monoisotopic (exact) mass is 399 g/mol. The van der Waals surface area contributed by atoms with Gasteiger partial charge in [-0.15, -0.1) is 0 Å². The van der Waals surface area contributed by atoms with E-state index in [0.717, 1.165) is 22.3 Å². The predicted molar refractivity (Wildman–Crippen MR) is 123 cm³/mol. The van der Waals surface area contributed by atoms with Gasteiger partial charge in [-0.2, -0.15) is 0 Å². The van der Waals surface area contributed by atoms with Crippen molar-refractivity contribution in [2.45, 2.75) is 33.0 Å². The lowest BCUT2D eigenvalue weighted by atomic mass is 10.0. The highest BCUT2D eigenvalue weighted by atomic mass is 16.5. The van der Waals surface area contributed by atoms with Crippen molar-refractivity contribution in [3.63, 3.8) is 0 Å². The summed E-state index contributed by atoms with van der Waals surface area (Å²) in [5, 5.41) is 0. The Kier molecular flexibility index (Phi) is 7.99. The van der Waals surface area contributed by atoms with Crippen LogP contribution < -0.4 is 0 Å². The summed E-state index contributed by atoms with van der Waals surface area (Å²) in [5.41, 5.74) is 4.48. The number of carbonyl (C=O) groups is 1. The van der Waals surface area contributed by atoms with Crippen LogP contribution in [0.5, 0.6) is 0 Å². The minimum atomic E-state index is -0.481. The van der Waals surface area contributed by atoms with Crippen LogP contribution in [0.2, 0.25) is 0 Å². The molecule has 0 amide bonds. The zero-order valence-corrected chi connectivity index (χ0v) is 17.7. The summed E-state index contributed by atoms with van der Waals surface area (Å²) in [6.07, 6.45) is 2.03. The van der Waals surface area contributed by atoms with E-state index in [2.05, 4.69) is 41.3 Å². The molecule has 3 aromatic rings. The Morgan fingerprint density at radius 1 is 0.833 bits per heavy atom. The SMILES string of the molecule is CCOC(=O)[C@@H](/C=C(/C)c1ccccc1)N(Cc1ccccc1)Cc1ccccc1. The van der Waals surface area contributed by atoms with Crippen molar-refractivity contribution in [2.75, 3.05) is 6.61 Å². The van der Waals surface area contributed by atoms with Crippen molar-refractivity contribution in [1.82, 2.24) is 4.90 Å². The van der Waals surface area contributed by atoms with Crippen LogP contribution >= 0.6 is 0 Å². The highest BCUT2D eigenvalue weighted by Crippen LogP contribution is 2.20. The molecule has 3 nitrogen and oxygen atoms in total. The van der Waals surface area contributed by atoms with Crippen LogP contribution in [0.1, 0.15) is 30.5 Å². The molecule has 0 spiro atoms. The van der Waals surface area contributed by atoms with Crippen LogP contribution in [0.3, 0.4) is 0 Å². The van der Waals surface area contributed by atoms with Crippen molar-refractivity contribution in [3.05, 3.63) is 114 Å². The van der Waals surface area contributed by atoms with E-state index in [1.165, 1.54) is 0 Å². The number of nitrogens with zero attached hydrogens (tertiary/aromatic N) is 1. The second-order valence-electron chi connectivity index (χ2n) is 7.29. The molecule has 0 unspecified atom stereocenters. The second-order valence-corrected chi connectivity index (χ2v) is 7.29. The first kappa shape index (κ1) is 21.5. The number of carbonyl (C=O) groups excluding carboxylic acids is 1.